The van der Waals surface area contributed by atoms with Crippen LogP contribution in [0, 0.1) is 12.3 Å². The Balaban J connectivity index is 1.95. The van der Waals surface area contributed by atoms with Gasteiger partial charge in [-0.1, -0.05) is 31.4 Å². The summed E-state index contributed by atoms with van der Waals surface area (Å²) in [7, 11) is 0. The molecule has 0 aliphatic heterocycles. The van der Waals surface area contributed by atoms with Crippen molar-refractivity contribution in [1.29, 1.82) is 0 Å². The first-order chi connectivity index (χ1) is 8.24. The third kappa shape index (κ3) is 3.22. The standard InChI is InChI=1S/C15H23NO/c1-13-6-5-7-14(10-13)17-12-15(11-16)8-3-2-4-9-15/h5-7,10H,2-4,8-9,11-12,16H2,1H3. The second-order valence-electron chi connectivity index (χ2n) is 5.37. The van der Waals surface area contributed by atoms with E-state index in [9.17, 15) is 0 Å². The zero-order valence-corrected chi connectivity index (χ0v) is 10.7. The first-order valence-electron chi connectivity index (χ1n) is 6.64. The van der Waals surface area contributed by atoms with E-state index in [1.165, 1.54) is 37.7 Å². The van der Waals surface area contributed by atoms with Crippen molar-refractivity contribution in [2.75, 3.05) is 13.2 Å². The molecule has 1 aliphatic carbocycles. The van der Waals surface area contributed by atoms with E-state index in [0.717, 1.165) is 18.9 Å². The molecule has 0 radical (unpaired) electrons. The van der Waals surface area contributed by atoms with Crippen LogP contribution in [0.15, 0.2) is 24.3 Å². The van der Waals surface area contributed by atoms with Gasteiger partial charge in [0, 0.05) is 12.0 Å². The van der Waals surface area contributed by atoms with Crippen LogP contribution in [0.4, 0.5) is 0 Å². The van der Waals surface area contributed by atoms with Crippen molar-refractivity contribution in [2.24, 2.45) is 11.1 Å². The molecule has 1 aromatic carbocycles. The van der Waals surface area contributed by atoms with Gasteiger partial charge in [0.1, 0.15) is 5.75 Å². The normalized spacial score (nSPS) is 18.9. The van der Waals surface area contributed by atoms with Crippen molar-refractivity contribution in [2.45, 2.75) is 39.0 Å². The van der Waals surface area contributed by atoms with E-state index in [-0.39, 0.29) is 5.41 Å². The van der Waals surface area contributed by atoms with Gasteiger partial charge in [0.05, 0.1) is 6.61 Å². The molecule has 0 unspecified atom stereocenters. The number of hydrogen-bond donors (Lipinski definition) is 1. The molecule has 94 valence electrons. The summed E-state index contributed by atoms with van der Waals surface area (Å²) in [5.41, 5.74) is 7.42. The zero-order valence-electron chi connectivity index (χ0n) is 10.7. The minimum atomic E-state index is 0.224. The molecule has 0 amide bonds. The molecular weight excluding hydrogens is 210 g/mol. The summed E-state index contributed by atoms with van der Waals surface area (Å²) >= 11 is 0. The Bertz CT molecular complexity index is 356. The number of nitrogens with two attached hydrogens (primary N) is 1. The zero-order chi connectivity index (χ0) is 12.1. The van der Waals surface area contributed by atoms with E-state index in [2.05, 4.69) is 19.1 Å². The number of benzene rings is 1. The molecule has 1 saturated carbocycles. The van der Waals surface area contributed by atoms with Crippen LogP contribution in [-0.4, -0.2) is 13.2 Å². The molecule has 2 nitrogen and oxygen atoms in total. The quantitative estimate of drug-likeness (QED) is 0.866. The SMILES string of the molecule is Cc1cccc(OCC2(CN)CCCCC2)c1. The predicted octanol–water partition coefficient (Wildman–Crippen LogP) is 3.28. The fourth-order valence-electron chi connectivity index (χ4n) is 2.65. The van der Waals surface area contributed by atoms with Gasteiger partial charge in [0.25, 0.3) is 0 Å². The lowest BCUT2D eigenvalue weighted by atomic mass is 9.75. The highest BCUT2D eigenvalue weighted by molar-refractivity contribution is 5.27. The average molecular weight is 233 g/mol. The van der Waals surface area contributed by atoms with Crippen molar-refractivity contribution < 1.29 is 4.74 Å². The highest BCUT2D eigenvalue weighted by Gasteiger charge is 2.31. The van der Waals surface area contributed by atoms with E-state index >= 15 is 0 Å². The van der Waals surface area contributed by atoms with Crippen LogP contribution in [0.3, 0.4) is 0 Å². The third-order valence-corrected chi connectivity index (χ3v) is 3.88. The van der Waals surface area contributed by atoms with Crippen molar-refractivity contribution >= 4 is 0 Å². The first-order valence-corrected chi connectivity index (χ1v) is 6.64. The van der Waals surface area contributed by atoms with Crippen molar-refractivity contribution in [3.63, 3.8) is 0 Å². The van der Waals surface area contributed by atoms with Gasteiger partial charge >= 0.3 is 0 Å². The Labute approximate surface area is 104 Å². The number of rotatable bonds is 4. The van der Waals surface area contributed by atoms with E-state index in [1.807, 2.05) is 12.1 Å². The van der Waals surface area contributed by atoms with Gasteiger partial charge in [-0.3, -0.25) is 0 Å². The summed E-state index contributed by atoms with van der Waals surface area (Å²) in [5.74, 6) is 0.975. The molecule has 0 aromatic heterocycles. The Kier molecular flexibility index (Phi) is 4.06. The van der Waals surface area contributed by atoms with Crippen molar-refractivity contribution in [3.8, 4) is 5.75 Å². The fourth-order valence-corrected chi connectivity index (χ4v) is 2.65. The molecule has 0 saturated heterocycles. The van der Waals surface area contributed by atoms with Crippen LogP contribution in [-0.2, 0) is 0 Å². The molecule has 17 heavy (non-hydrogen) atoms. The molecule has 1 fully saturated rings. The molecule has 0 bridgehead atoms. The smallest absolute Gasteiger partial charge is 0.119 e. The van der Waals surface area contributed by atoms with Gasteiger partial charge in [-0.2, -0.15) is 0 Å². The highest BCUT2D eigenvalue weighted by Crippen LogP contribution is 2.35. The fraction of sp³-hybridized carbons (Fsp3) is 0.600. The van der Waals surface area contributed by atoms with Gasteiger partial charge < -0.3 is 10.5 Å². The Morgan fingerprint density at radius 3 is 2.65 bits per heavy atom. The molecule has 0 atom stereocenters. The Morgan fingerprint density at radius 2 is 2.00 bits per heavy atom. The summed E-state index contributed by atoms with van der Waals surface area (Å²) < 4.78 is 5.94. The molecule has 1 aliphatic rings. The van der Waals surface area contributed by atoms with E-state index < -0.39 is 0 Å². The van der Waals surface area contributed by atoms with Gasteiger partial charge in [0.15, 0.2) is 0 Å². The van der Waals surface area contributed by atoms with E-state index in [0.29, 0.717) is 0 Å². The topological polar surface area (TPSA) is 35.2 Å². The minimum Gasteiger partial charge on any atom is -0.493 e. The van der Waals surface area contributed by atoms with Gasteiger partial charge in [-0.25, -0.2) is 0 Å². The molecule has 2 N–H and O–H groups in total. The summed E-state index contributed by atoms with van der Waals surface area (Å²) in [5, 5.41) is 0. The van der Waals surface area contributed by atoms with Crippen molar-refractivity contribution in [1.82, 2.24) is 0 Å². The monoisotopic (exact) mass is 233 g/mol. The van der Waals surface area contributed by atoms with Crippen LogP contribution in [0.25, 0.3) is 0 Å². The van der Waals surface area contributed by atoms with Gasteiger partial charge in [-0.05, 0) is 37.5 Å². The van der Waals surface area contributed by atoms with E-state index in [1.54, 1.807) is 0 Å². The van der Waals surface area contributed by atoms with Crippen LogP contribution in [0.5, 0.6) is 5.75 Å². The lowest BCUT2D eigenvalue weighted by molar-refractivity contribution is 0.105. The maximum absolute atomic E-state index is 5.95. The van der Waals surface area contributed by atoms with Crippen LogP contribution < -0.4 is 10.5 Å². The molecule has 1 aromatic rings. The number of aryl methyl sites for hydroxylation is 1. The van der Waals surface area contributed by atoms with Crippen LogP contribution in [0.2, 0.25) is 0 Å². The molecule has 0 heterocycles. The predicted molar refractivity (Wildman–Crippen MR) is 71.2 cm³/mol. The van der Waals surface area contributed by atoms with Gasteiger partial charge in [-0.15, -0.1) is 0 Å². The van der Waals surface area contributed by atoms with Crippen LogP contribution in [0.1, 0.15) is 37.7 Å². The molecule has 0 spiro atoms. The molecule has 2 heteroatoms. The maximum atomic E-state index is 5.95. The summed E-state index contributed by atoms with van der Waals surface area (Å²) in [4.78, 5) is 0. The Hall–Kier alpha value is -1.02. The molecule has 2 rings (SSSR count). The van der Waals surface area contributed by atoms with Crippen LogP contribution >= 0.6 is 0 Å². The second kappa shape index (κ2) is 5.54. The minimum absolute atomic E-state index is 0.224. The molecular formula is C15H23NO. The summed E-state index contributed by atoms with van der Waals surface area (Å²) in [6.07, 6.45) is 6.39. The number of ether oxygens (including phenoxy) is 1. The second-order valence-corrected chi connectivity index (χ2v) is 5.37. The van der Waals surface area contributed by atoms with Crippen molar-refractivity contribution in [3.05, 3.63) is 29.8 Å². The summed E-state index contributed by atoms with van der Waals surface area (Å²) in [6, 6.07) is 8.25. The number of hydrogen-bond acceptors (Lipinski definition) is 2. The highest BCUT2D eigenvalue weighted by atomic mass is 16.5. The largest absolute Gasteiger partial charge is 0.493 e. The lowest BCUT2D eigenvalue weighted by Crippen LogP contribution is -2.38. The average Bonchev–Trinajstić information content (AvgIpc) is 2.38. The van der Waals surface area contributed by atoms with E-state index in [4.69, 9.17) is 10.5 Å². The first kappa shape index (κ1) is 12.4. The van der Waals surface area contributed by atoms with Gasteiger partial charge in [0.2, 0.25) is 0 Å². The third-order valence-electron chi connectivity index (χ3n) is 3.88. The lowest BCUT2D eigenvalue weighted by Gasteiger charge is -2.35. The maximum Gasteiger partial charge on any atom is 0.119 e. The summed E-state index contributed by atoms with van der Waals surface area (Å²) in [6.45, 7) is 3.61. The Morgan fingerprint density at radius 1 is 1.24 bits per heavy atom.